The van der Waals surface area contributed by atoms with Gasteiger partial charge in [-0.15, -0.1) is 5.06 Å². The quantitative estimate of drug-likeness (QED) is 0.783. The number of nitrogens with one attached hydrogen (secondary N) is 1. The van der Waals surface area contributed by atoms with Gasteiger partial charge in [0.1, 0.15) is 0 Å². The van der Waals surface area contributed by atoms with Crippen LogP contribution < -0.4 is 5.32 Å². The molecule has 2 N–H and O–H groups in total. The first-order chi connectivity index (χ1) is 10.0. The van der Waals surface area contributed by atoms with E-state index >= 15 is 0 Å². The van der Waals surface area contributed by atoms with Crippen molar-refractivity contribution in [1.29, 1.82) is 5.26 Å². The van der Waals surface area contributed by atoms with E-state index in [4.69, 9.17) is 5.26 Å². The Morgan fingerprint density at radius 3 is 2.38 bits per heavy atom. The summed E-state index contributed by atoms with van der Waals surface area (Å²) in [6, 6.07) is 8.08. The number of anilines is 1. The Kier molecular flexibility index (Phi) is 5.84. The van der Waals surface area contributed by atoms with E-state index in [9.17, 15) is 14.7 Å². The molecular formula is C14H17N3O4. The molecule has 112 valence electrons. The number of aliphatic hydroxyl groups is 1. The zero-order chi connectivity index (χ0) is 16.0. The van der Waals surface area contributed by atoms with Crippen LogP contribution in [0.4, 0.5) is 5.69 Å². The number of hydrogen-bond acceptors (Lipinski definition) is 6. The predicted molar refractivity (Wildman–Crippen MR) is 74.5 cm³/mol. The fraction of sp³-hybridized carbons (Fsp3) is 0.357. The van der Waals surface area contributed by atoms with E-state index in [2.05, 4.69) is 10.2 Å². The minimum atomic E-state index is -1.31. The number of nitriles is 1. The minimum absolute atomic E-state index is 0.429. The Morgan fingerprint density at radius 2 is 1.95 bits per heavy atom. The van der Waals surface area contributed by atoms with Crippen LogP contribution >= 0.6 is 0 Å². The summed E-state index contributed by atoms with van der Waals surface area (Å²) in [5.74, 6) is -2.76. The van der Waals surface area contributed by atoms with Gasteiger partial charge in [-0.05, 0) is 24.3 Å². The second-order valence-electron chi connectivity index (χ2n) is 4.03. The molecule has 0 aliphatic carbocycles. The summed E-state index contributed by atoms with van der Waals surface area (Å²) in [5, 5.41) is 21.7. The summed E-state index contributed by atoms with van der Waals surface area (Å²) in [7, 11) is 1.36. The lowest BCUT2D eigenvalue weighted by Gasteiger charge is -2.13. The van der Waals surface area contributed by atoms with E-state index in [0.29, 0.717) is 11.3 Å². The van der Waals surface area contributed by atoms with Gasteiger partial charge in [-0.25, -0.2) is 4.79 Å². The van der Waals surface area contributed by atoms with Gasteiger partial charge in [0, 0.05) is 12.7 Å². The van der Waals surface area contributed by atoms with Gasteiger partial charge >= 0.3 is 5.97 Å². The van der Waals surface area contributed by atoms with Crippen LogP contribution in [0.15, 0.2) is 24.3 Å². The van der Waals surface area contributed by atoms with E-state index < -0.39 is 24.0 Å². The average Bonchev–Trinajstić information content (AvgIpc) is 2.75. The Hall–Kier alpha value is -2.43. The van der Waals surface area contributed by atoms with E-state index in [1.807, 2.05) is 19.9 Å². The molecule has 0 radical (unpaired) electrons. The molecule has 21 heavy (non-hydrogen) atoms. The molecule has 1 fully saturated rings. The van der Waals surface area contributed by atoms with Crippen molar-refractivity contribution in [3.8, 4) is 6.07 Å². The molecule has 1 amide bonds. The molecule has 7 nitrogen and oxygen atoms in total. The highest BCUT2D eigenvalue weighted by atomic mass is 16.7. The molecule has 1 aliphatic rings. The van der Waals surface area contributed by atoms with E-state index in [1.165, 1.54) is 31.3 Å². The van der Waals surface area contributed by atoms with Crippen molar-refractivity contribution in [2.24, 2.45) is 5.92 Å². The number of hydroxylamine groups is 2. The highest BCUT2D eigenvalue weighted by Crippen LogP contribution is 2.21. The Morgan fingerprint density at radius 1 is 1.38 bits per heavy atom. The number of carbonyl (C=O) groups is 2. The fourth-order valence-corrected chi connectivity index (χ4v) is 1.67. The van der Waals surface area contributed by atoms with Gasteiger partial charge in [-0.2, -0.15) is 5.26 Å². The molecule has 1 heterocycles. The summed E-state index contributed by atoms with van der Waals surface area (Å²) in [6.07, 6.45) is -1.31. The van der Waals surface area contributed by atoms with Gasteiger partial charge in [0.05, 0.1) is 11.6 Å². The SMILES string of the molecule is CC.CN1OC(=O)C(C(=O)Nc2ccc(C#N)cc2)C1O. The standard InChI is InChI=1S/C12H11N3O4.C2H6/c1-15-11(17)9(12(18)19-15)10(16)14-8-4-2-7(6-13)3-5-8;1-2/h2-5,9,11,17H,1H3,(H,14,16);1-2H3. The van der Waals surface area contributed by atoms with E-state index in [0.717, 1.165) is 5.06 Å². The first-order valence-corrected chi connectivity index (χ1v) is 6.46. The first kappa shape index (κ1) is 16.6. The third-order valence-electron chi connectivity index (χ3n) is 2.72. The van der Waals surface area contributed by atoms with Crippen molar-refractivity contribution in [2.45, 2.75) is 20.1 Å². The summed E-state index contributed by atoms with van der Waals surface area (Å²) < 4.78 is 0. The number of amides is 1. The normalized spacial score (nSPS) is 20.8. The van der Waals surface area contributed by atoms with Gasteiger partial charge in [-0.1, -0.05) is 13.8 Å². The fourth-order valence-electron chi connectivity index (χ4n) is 1.67. The van der Waals surface area contributed by atoms with Crippen molar-refractivity contribution >= 4 is 17.6 Å². The van der Waals surface area contributed by atoms with Gasteiger partial charge in [0.15, 0.2) is 12.1 Å². The smallest absolute Gasteiger partial charge is 0.341 e. The number of rotatable bonds is 2. The molecule has 1 aliphatic heterocycles. The predicted octanol–water partition coefficient (Wildman–Crippen LogP) is 0.861. The first-order valence-electron chi connectivity index (χ1n) is 6.46. The van der Waals surface area contributed by atoms with Crippen molar-refractivity contribution < 1.29 is 19.5 Å². The number of hydrogen-bond donors (Lipinski definition) is 2. The van der Waals surface area contributed by atoms with E-state index in [-0.39, 0.29) is 0 Å². The van der Waals surface area contributed by atoms with Crippen molar-refractivity contribution in [3.63, 3.8) is 0 Å². The minimum Gasteiger partial charge on any atom is -0.374 e. The van der Waals surface area contributed by atoms with Crippen LogP contribution in [0.2, 0.25) is 0 Å². The zero-order valence-electron chi connectivity index (χ0n) is 12.0. The Labute approximate surface area is 122 Å². The number of benzene rings is 1. The van der Waals surface area contributed by atoms with Crippen molar-refractivity contribution in [2.75, 3.05) is 12.4 Å². The summed E-state index contributed by atoms with van der Waals surface area (Å²) in [4.78, 5) is 27.9. The van der Waals surface area contributed by atoms with Gasteiger partial charge in [-0.3, -0.25) is 4.79 Å². The van der Waals surface area contributed by atoms with Crippen LogP contribution in [0, 0.1) is 17.2 Å². The van der Waals surface area contributed by atoms with Gasteiger partial charge < -0.3 is 15.3 Å². The number of aliphatic hydroxyl groups excluding tert-OH is 1. The second-order valence-corrected chi connectivity index (χ2v) is 4.03. The van der Waals surface area contributed by atoms with Crippen LogP contribution in [0.1, 0.15) is 19.4 Å². The summed E-state index contributed by atoms with van der Waals surface area (Å²) >= 11 is 0. The van der Waals surface area contributed by atoms with Crippen LogP contribution in [0.3, 0.4) is 0 Å². The number of nitrogens with zero attached hydrogens (tertiary/aromatic N) is 2. The molecule has 1 aromatic rings. The molecule has 7 heteroatoms. The Bertz CT molecular complexity index is 550. The lowest BCUT2D eigenvalue weighted by molar-refractivity contribution is -0.183. The average molecular weight is 291 g/mol. The van der Waals surface area contributed by atoms with Crippen LogP contribution in [-0.4, -0.2) is 35.3 Å². The maximum absolute atomic E-state index is 11.9. The topological polar surface area (TPSA) is 103 Å². The zero-order valence-corrected chi connectivity index (χ0v) is 12.0. The largest absolute Gasteiger partial charge is 0.374 e. The molecule has 2 unspecified atom stereocenters. The molecule has 0 bridgehead atoms. The lowest BCUT2D eigenvalue weighted by Crippen LogP contribution is -2.37. The van der Waals surface area contributed by atoms with Crippen molar-refractivity contribution in [3.05, 3.63) is 29.8 Å². The highest BCUT2D eigenvalue weighted by molar-refractivity contribution is 6.05. The molecule has 2 rings (SSSR count). The molecular weight excluding hydrogens is 274 g/mol. The monoisotopic (exact) mass is 291 g/mol. The molecule has 0 aromatic heterocycles. The highest BCUT2D eigenvalue weighted by Gasteiger charge is 2.45. The van der Waals surface area contributed by atoms with Crippen molar-refractivity contribution in [1.82, 2.24) is 5.06 Å². The number of carbonyl (C=O) groups excluding carboxylic acids is 2. The van der Waals surface area contributed by atoms with Crippen LogP contribution in [0.5, 0.6) is 0 Å². The lowest BCUT2D eigenvalue weighted by atomic mass is 10.1. The third-order valence-corrected chi connectivity index (χ3v) is 2.72. The Balaban J connectivity index is 0.00000106. The molecule has 0 saturated carbocycles. The van der Waals surface area contributed by atoms with Crippen LogP contribution in [-0.2, 0) is 14.4 Å². The molecule has 1 aromatic carbocycles. The summed E-state index contributed by atoms with van der Waals surface area (Å²) in [5.41, 5.74) is 0.886. The molecule has 0 spiro atoms. The van der Waals surface area contributed by atoms with Gasteiger partial charge in [0.25, 0.3) is 0 Å². The summed E-state index contributed by atoms with van der Waals surface area (Å²) in [6.45, 7) is 4.00. The molecule has 1 saturated heterocycles. The maximum Gasteiger partial charge on any atom is 0.341 e. The second kappa shape index (κ2) is 7.38. The third kappa shape index (κ3) is 3.78. The maximum atomic E-state index is 11.9. The van der Waals surface area contributed by atoms with E-state index in [1.54, 1.807) is 0 Å². The molecule has 2 atom stereocenters. The van der Waals surface area contributed by atoms with Gasteiger partial charge in [0.2, 0.25) is 5.91 Å². The van der Waals surface area contributed by atoms with Crippen LogP contribution in [0.25, 0.3) is 0 Å².